The summed E-state index contributed by atoms with van der Waals surface area (Å²) in [6.45, 7) is 0.814. The fourth-order valence-corrected chi connectivity index (χ4v) is 1.41. The number of hydrogen-bond acceptors (Lipinski definition) is 1. The smallest absolute Gasteiger partial charge is 0.105 e. The van der Waals surface area contributed by atoms with E-state index in [-0.39, 0.29) is 12.7 Å². The van der Waals surface area contributed by atoms with E-state index in [1.807, 2.05) is 0 Å². The predicted octanol–water partition coefficient (Wildman–Crippen LogP) is 1.88. The Hall–Kier alpha value is -0.110. The second kappa shape index (κ2) is 4.67. The van der Waals surface area contributed by atoms with Gasteiger partial charge in [0, 0.05) is 6.04 Å². The SMILES string of the molecule is FCC1CCCCCCN1. The van der Waals surface area contributed by atoms with Gasteiger partial charge in [0.25, 0.3) is 0 Å². The minimum absolute atomic E-state index is 0.153. The normalized spacial score (nSPS) is 29.1. The van der Waals surface area contributed by atoms with E-state index < -0.39 is 0 Å². The van der Waals surface area contributed by atoms with Crippen molar-refractivity contribution in [1.82, 2.24) is 5.32 Å². The van der Waals surface area contributed by atoms with Crippen LogP contribution in [0.3, 0.4) is 0 Å². The van der Waals surface area contributed by atoms with Gasteiger partial charge >= 0.3 is 0 Å². The van der Waals surface area contributed by atoms with E-state index in [0.29, 0.717) is 0 Å². The molecule has 1 rings (SSSR count). The van der Waals surface area contributed by atoms with Gasteiger partial charge in [0.05, 0.1) is 0 Å². The maximum Gasteiger partial charge on any atom is 0.105 e. The van der Waals surface area contributed by atoms with Gasteiger partial charge in [-0.05, 0) is 19.4 Å². The third-order valence-corrected chi connectivity index (χ3v) is 2.10. The molecular weight excluding hydrogens is 129 g/mol. The van der Waals surface area contributed by atoms with Gasteiger partial charge in [0.1, 0.15) is 6.67 Å². The van der Waals surface area contributed by atoms with Crippen LogP contribution in [0.15, 0.2) is 0 Å². The van der Waals surface area contributed by atoms with Crippen LogP contribution >= 0.6 is 0 Å². The van der Waals surface area contributed by atoms with Gasteiger partial charge < -0.3 is 5.32 Å². The van der Waals surface area contributed by atoms with Crippen molar-refractivity contribution in [2.24, 2.45) is 0 Å². The van der Waals surface area contributed by atoms with Crippen molar-refractivity contribution in [1.29, 1.82) is 0 Å². The Kier molecular flexibility index (Phi) is 3.73. The average molecular weight is 145 g/mol. The topological polar surface area (TPSA) is 12.0 Å². The molecule has 1 aliphatic rings. The molecule has 1 nitrogen and oxygen atoms in total. The largest absolute Gasteiger partial charge is 0.311 e. The first-order valence-corrected chi connectivity index (χ1v) is 4.23. The van der Waals surface area contributed by atoms with E-state index >= 15 is 0 Å². The Balaban J connectivity index is 2.16. The van der Waals surface area contributed by atoms with Crippen LogP contribution in [0.1, 0.15) is 32.1 Å². The van der Waals surface area contributed by atoms with Crippen LogP contribution in [-0.2, 0) is 0 Å². The lowest BCUT2D eigenvalue weighted by Gasteiger charge is -2.17. The molecule has 0 amide bonds. The maximum absolute atomic E-state index is 12.1. The highest BCUT2D eigenvalue weighted by Crippen LogP contribution is 2.09. The molecule has 0 aliphatic carbocycles. The molecule has 1 atom stereocenters. The van der Waals surface area contributed by atoms with Crippen LogP contribution in [0.5, 0.6) is 0 Å². The van der Waals surface area contributed by atoms with Crippen molar-refractivity contribution in [3.05, 3.63) is 0 Å². The number of alkyl halides is 1. The summed E-state index contributed by atoms with van der Waals surface area (Å²) in [5.41, 5.74) is 0. The van der Waals surface area contributed by atoms with E-state index in [1.54, 1.807) is 0 Å². The molecule has 0 aromatic carbocycles. The first-order chi connectivity index (χ1) is 4.93. The summed E-state index contributed by atoms with van der Waals surface area (Å²) < 4.78 is 12.1. The van der Waals surface area contributed by atoms with Gasteiger partial charge in [-0.15, -0.1) is 0 Å². The third kappa shape index (κ3) is 2.65. The van der Waals surface area contributed by atoms with E-state index in [9.17, 15) is 4.39 Å². The number of rotatable bonds is 1. The average Bonchev–Trinajstić information content (AvgIpc) is 1.87. The monoisotopic (exact) mass is 145 g/mol. The molecule has 0 aromatic rings. The van der Waals surface area contributed by atoms with Crippen LogP contribution in [0.25, 0.3) is 0 Å². The van der Waals surface area contributed by atoms with Crippen molar-refractivity contribution in [2.75, 3.05) is 13.2 Å². The zero-order valence-electron chi connectivity index (χ0n) is 6.41. The Morgan fingerprint density at radius 2 is 2.00 bits per heavy atom. The van der Waals surface area contributed by atoms with Crippen molar-refractivity contribution < 1.29 is 4.39 Å². The highest BCUT2D eigenvalue weighted by molar-refractivity contribution is 4.67. The van der Waals surface area contributed by atoms with Crippen LogP contribution in [0.2, 0.25) is 0 Å². The molecule has 0 bridgehead atoms. The zero-order chi connectivity index (χ0) is 7.23. The van der Waals surface area contributed by atoms with E-state index in [2.05, 4.69) is 5.32 Å². The molecule has 0 spiro atoms. The second-order valence-electron chi connectivity index (χ2n) is 3.01. The lowest BCUT2D eigenvalue weighted by Crippen LogP contribution is -2.32. The predicted molar refractivity (Wildman–Crippen MR) is 40.9 cm³/mol. The summed E-state index contributed by atoms with van der Waals surface area (Å²) in [4.78, 5) is 0. The zero-order valence-corrected chi connectivity index (χ0v) is 6.41. The molecule has 1 saturated heterocycles. The molecule has 10 heavy (non-hydrogen) atoms. The summed E-state index contributed by atoms with van der Waals surface area (Å²) in [5, 5.41) is 3.20. The van der Waals surface area contributed by atoms with Crippen molar-refractivity contribution >= 4 is 0 Å². The maximum atomic E-state index is 12.1. The first kappa shape index (κ1) is 7.99. The molecule has 1 unspecified atom stereocenters. The molecule has 0 aromatic heterocycles. The highest BCUT2D eigenvalue weighted by atomic mass is 19.1. The summed E-state index contributed by atoms with van der Waals surface area (Å²) in [6, 6.07) is 0.153. The molecule has 1 N–H and O–H groups in total. The van der Waals surface area contributed by atoms with E-state index in [4.69, 9.17) is 0 Å². The number of hydrogen-bond donors (Lipinski definition) is 1. The summed E-state index contributed by atoms with van der Waals surface area (Å²) in [7, 11) is 0. The van der Waals surface area contributed by atoms with E-state index in [0.717, 1.165) is 13.0 Å². The van der Waals surface area contributed by atoms with Crippen LogP contribution in [-0.4, -0.2) is 19.3 Å². The Bertz CT molecular complexity index is 77.3. The van der Waals surface area contributed by atoms with Gasteiger partial charge in [0.2, 0.25) is 0 Å². The van der Waals surface area contributed by atoms with Crippen molar-refractivity contribution in [3.63, 3.8) is 0 Å². The lowest BCUT2D eigenvalue weighted by molar-refractivity contribution is 0.334. The lowest BCUT2D eigenvalue weighted by atomic mass is 10.1. The molecule has 0 saturated carbocycles. The van der Waals surface area contributed by atoms with E-state index in [1.165, 1.54) is 25.7 Å². The Morgan fingerprint density at radius 3 is 2.80 bits per heavy atom. The minimum Gasteiger partial charge on any atom is -0.311 e. The molecule has 60 valence electrons. The van der Waals surface area contributed by atoms with Crippen molar-refractivity contribution in [3.8, 4) is 0 Å². The fourth-order valence-electron chi connectivity index (χ4n) is 1.41. The molecular formula is C8H16FN. The minimum atomic E-state index is -0.194. The first-order valence-electron chi connectivity index (χ1n) is 4.23. The Morgan fingerprint density at radius 1 is 1.20 bits per heavy atom. The van der Waals surface area contributed by atoms with Gasteiger partial charge in [-0.1, -0.05) is 19.3 Å². The van der Waals surface area contributed by atoms with Crippen LogP contribution in [0, 0.1) is 0 Å². The summed E-state index contributed by atoms with van der Waals surface area (Å²) in [6.07, 6.45) is 6.04. The molecule has 1 fully saturated rings. The quantitative estimate of drug-likeness (QED) is 0.594. The highest BCUT2D eigenvalue weighted by Gasteiger charge is 2.08. The number of halogens is 1. The second-order valence-corrected chi connectivity index (χ2v) is 3.01. The molecule has 1 aliphatic heterocycles. The fraction of sp³-hybridized carbons (Fsp3) is 1.00. The standard InChI is InChI=1S/C8H16FN/c9-7-8-5-3-1-2-4-6-10-8/h8,10H,1-7H2. The third-order valence-electron chi connectivity index (χ3n) is 2.10. The number of nitrogens with one attached hydrogen (secondary N) is 1. The van der Waals surface area contributed by atoms with Crippen LogP contribution < -0.4 is 5.32 Å². The van der Waals surface area contributed by atoms with Gasteiger partial charge in [-0.3, -0.25) is 0 Å². The molecule has 2 heteroatoms. The summed E-state index contributed by atoms with van der Waals surface area (Å²) in [5.74, 6) is 0. The van der Waals surface area contributed by atoms with Crippen molar-refractivity contribution in [2.45, 2.75) is 38.1 Å². The summed E-state index contributed by atoms with van der Waals surface area (Å²) >= 11 is 0. The van der Waals surface area contributed by atoms with Gasteiger partial charge in [-0.25, -0.2) is 4.39 Å². The molecule has 0 radical (unpaired) electrons. The van der Waals surface area contributed by atoms with Crippen LogP contribution in [0.4, 0.5) is 4.39 Å². The van der Waals surface area contributed by atoms with Gasteiger partial charge in [0.15, 0.2) is 0 Å². The molecule has 1 heterocycles. The van der Waals surface area contributed by atoms with Gasteiger partial charge in [-0.2, -0.15) is 0 Å². The Labute approximate surface area is 62.0 Å².